The lowest BCUT2D eigenvalue weighted by molar-refractivity contribution is 0.189. The van der Waals surface area contributed by atoms with Crippen molar-refractivity contribution >= 4 is 11.3 Å². The predicted molar refractivity (Wildman–Crippen MR) is 84.8 cm³/mol. The van der Waals surface area contributed by atoms with Gasteiger partial charge in [-0.25, -0.2) is 0 Å². The van der Waals surface area contributed by atoms with Crippen LogP contribution in [0.1, 0.15) is 37.0 Å². The van der Waals surface area contributed by atoms with Crippen molar-refractivity contribution in [2.75, 3.05) is 6.54 Å². The van der Waals surface area contributed by atoms with Crippen LogP contribution in [-0.4, -0.2) is 17.5 Å². The van der Waals surface area contributed by atoms with Gasteiger partial charge in [-0.15, -0.1) is 11.3 Å². The highest BCUT2D eigenvalue weighted by molar-refractivity contribution is 7.09. The summed E-state index contributed by atoms with van der Waals surface area (Å²) >= 11 is 1.81. The van der Waals surface area contributed by atoms with Crippen LogP contribution < -0.4 is 5.32 Å². The molecule has 2 rings (SSSR count). The molecule has 20 heavy (non-hydrogen) atoms. The lowest BCUT2D eigenvalue weighted by Crippen LogP contribution is -2.29. The summed E-state index contributed by atoms with van der Waals surface area (Å²) < 4.78 is 5.68. The highest BCUT2D eigenvalue weighted by Gasteiger charge is 2.13. The molecule has 0 saturated heterocycles. The first kappa shape index (κ1) is 15.3. The molecule has 0 atom stereocenters. The van der Waals surface area contributed by atoms with E-state index in [0.29, 0.717) is 6.04 Å². The summed E-state index contributed by atoms with van der Waals surface area (Å²) in [4.78, 5) is 3.83. The Kier molecular flexibility index (Phi) is 5.83. The molecule has 110 valence electrons. The minimum atomic E-state index is 0.499. The fourth-order valence-electron chi connectivity index (χ4n) is 2.10. The molecular weight excluding hydrogens is 268 g/mol. The molecule has 3 nitrogen and oxygen atoms in total. The standard InChI is InChI=1S/C16H24N2OS/c1-4-17-9-14-8-15(19-12-14)10-18(13(2)3)11-16-6-5-7-20-16/h5-8,12-13,17H,4,9-11H2,1-3H3. The zero-order valence-corrected chi connectivity index (χ0v) is 13.4. The maximum absolute atomic E-state index is 5.68. The Hall–Kier alpha value is -1.10. The van der Waals surface area contributed by atoms with Crippen molar-refractivity contribution in [2.24, 2.45) is 0 Å². The van der Waals surface area contributed by atoms with Crippen molar-refractivity contribution in [2.45, 2.75) is 46.4 Å². The third-order valence-electron chi connectivity index (χ3n) is 3.32. The average Bonchev–Trinajstić information content (AvgIpc) is 3.07. The monoisotopic (exact) mass is 292 g/mol. The average molecular weight is 292 g/mol. The molecule has 0 saturated carbocycles. The van der Waals surface area contributed by atoms with Crippen LogP contribution >= 0.6 is 11.3 Å². The molecule has 0 bridgehead atoms. The van der Waals surface area contributed by atoms with E-state index in [2.05, 4.69) is 54.6 Å². The fraction of sp³-hybridized carbons (Fsp3) is 0.500. The second-order valence-corrected chi connectivity index (χ2v) is 6.31. The molecule has 1 N–H and O–H groups in total. The number of thiophene rings is 1. The predicted octanol–water partition coefficient (Wildman–Crippen LogP) is 3.86. The molecule has 0 amide bonds. The summed E-state index contributed by atoms with van der Waals surface area (Å²) in [6.07, 6.45) is 1.86. The van der Waals surface area contributed by atoms with E-state index in [0.717, 1.165) is 31.9 Å². The molecule has 0 aliphatic carbocycles. The summed E-state index contributed by atoms with van der Waals surface area (Å²) in [7, 11) is 0. The summed E-state index contributed by atoms with van der Waals surface area (Å²) in [6, 6.07) is 6.96. The first-order chi connectivity index (χ1) is 9.69. The maximum atomic E-state index is 5.68. The van der Waals surface area contributed by atoms with E-state index in [1.54, 1.807) is 0 Å². The van der Waals surface area contributed by atoms with E-state index in [4.69, 9.17) is 4.42 Å². The lowest BCUT2D eigenvalue weighted by atomic mass is 10.2. The zero-order valence-electron chi connectivity index (χ0n) is 12.6. The van der Waals surface area contributed by atoms with Crippen LogP contribution in [0.2, 0.25) is 0 Å². The molecule has 0 radical (unpaired) electrons. The molecule has 0 aliphatic rings. The number of furan rings is 1. The van der Waals surface area contributed by atoms with Gasteiger partial charge in [0.05, 0.1) is 12.8 Å². The van der Waals surface area contributed by atoms with Gasteiger partial charge in [-0.05, 0) is 37.9 Å². The number of nitrogens with zero attached hydrogens (tertiary/aromatic N) is 1. The highest BCUT2D eigenvalue weighted by Crippen LogP contribution is 2.18. The molecule has 2 aromatic rings. The Bertz CT molecular complexity index is 490. The van der Waals surface area contributed by atoms with Crippen LogP contribution in [0.4, 0.5) is 0 Å². The fourth-order valence-corrected chi connectivity index (χ4v) is 2.82. The third-order valence-corrected chi connectivity index (χ3v) is 4.18. The molecule has 0 fully saturated rings. The van der Waals surface area contributed by atoms with Crippen molar-refractivity contribution in [1.82, 2.24) is 10.2 Å². The topological polar surface area (TPSA) is 28.4 Å². The van der Waals surface area contributed by atoms with E-state index in [-0.39, 0.29) is 0 Å². The van der Waals surface area contributed by atoms with Crippen LogP contribution in [-0.2, 0) is 19.6 Å². The Morgan fingerprint density at radius 2 is 2.20 bits per heavy atom. The third kappa shape index (κ3) is 4.47. The molecule has 0 aliphatic heterocycles. The maximum Gasteiger partial charge on any atom is 0.118 e. The van der Waals surface area contributed by atoms with E-state index >= 15 is 0 Å². The van der Waals surface area contributed by atoms with Crippen molar-refractivity contribution < 1.29 is 4.42 Å². The van der Waals surface area contributed by atoms with Gasteiger partial charge in [0, 0.05) is 29.6 Å². The molecule has 0 spiro atoms. The normalized spacial score (nSPS) is 11.7. The number of nitrogens with one attached hydrogen (secondary N) is 1. The lowest BCUT2D eigenvalue weighted by Gasteiger charge is -2.24. The molecule has 0 aromatic carbocycles. The van der Waals surface area contributed by atoms with E-state index in [9.17, 15) is 0 Å². The van der Waals surface area contributed by atoms with E-state index in [1.807, 2.05) is 17.6 Å². The van der Waals surface area contributed by atoms with Crippen molar-refractivity contribution in [3.63, 3.8) is 0 Å². The summed E-state index contributed by atoms with van der Waals surface area (Å²) in [5, 5.41) is 5.45. The molecule has 2 aromatic heterocycles. The molecule has 2 heterocycles. The van der Waals surface area contributed by atoms with E-state index < -0.39 is 0 Å². The van der Waals surface area contributed by atoms with E-state index in [1.165, 1.54) is 10.4 Å². The van der Waals surface area contributed by atoms with Gasteiger partial charge in [0.1, 0.15) is 5.76 Å². The van der Waals surface area contributed by atoms with Gasteiger partial charge in [0.2, 0.25) is 0 Å². The minimum Gasteiger partial charge on any atom is -0.468 e. The van der Waals surface area contributed by atoms with Crippen LogP contribution in [0.3, 0.4) is 0 Å². The van der Waals surface area contributed by atoms with Gasteiger partial charge < -0.3 is 9.73 Å². The van der Waals surface area contributed by atoms with Crippen LogP contribution in [0.15, 0.2) is 34.3 Å². The Morgan fingerprint density at radius 3 is 2.85 bits per heavy atom. The first-order valence-electron chi connectivity index (χ1n) is 7.22. The van der Waals surface area contributed by atoms with Crippen LogP contribution in [0.25, 0.3) is 0 Å². The van der Waals surface area contributed by atoms with Gasteiger partial charge in [-0.1, -0.05) is 13.0 Å². The molecule has 4 heteroatoms. The number of hydrogen-bond donors (Lipinski definition) is 1. The Morgan fingerprint density at radius 1 is 1.35 bits per heavy atom. The van der Waals surface area contributed by atoms with Gasteiger partial charge in [-0.3, -0.25) is 4.90 Å². The second kappa shape index (κ2) is 7.62. The van der Waals surface area contributed by atoms with Crippen LogP contribution in [0, 0.1) is 0 Å². The van der Waals surface area contributed by atoms with Crippen molar-refractivity contribution in [1.29, 1.82) is 0 Å². The van der Waals surface area contributed by atoms with Crippen molar-refractivity contribution in [3.05, 3.63) is 46.0 Å². The zero-order chi connectivity index (χ0) is 14.4. The quantitative estimate of drug-likeness (QED) is 0.801. The number of rotatable bonds is 8. The SMILES string of the molecule is CCNCc1coc(CN(Cc2cccs2)C(C)C)c1. The smallest absolute Gasteiger partial charge is 0.118 e. The van der Waals surface area contributed by atoms with Crippen molar-refractivity contribution in [3.8, 4) is 0 Å². The summed E-state index contributed by atoms with van der Waals surface area (Å²) in [5.74, 6) is 1.04. The number of hydrogen-bond acceptors (Lipinski definition) is 4. The molecular formula is C16H24N2OS. The minimum absolute atomic E-state index is 0.499. The van der Waals surface area contributed by atoms with Crippen LogP contribution in [0.5, 0.6) is 0 Å². The first-order valence-corrected chi connectivity index (χ1v) is 8.10. The van der Waals surface area contributed by atoms with Gasteiger partial charge >= 0.3 is 0 Å². The summed E-state index contributed by atoms with van der Waals surface area (Å²) in [5.41, 5.74) is 1.22. The highest BCUT2D eigenvalue weighted by atomic mass is 32.1. The second-order valence-electron chi connectivity index (χ2n) is 5.28. The Labute approximate surface area is 125 Å². The van der Waals surface area contributed by atoms with Gasteiger partial charge in [-0.2, -0.15) is 0 Å². The molecule has 0 unspecified atom stereocenters. The van der Waals surface area contributed by atoms with Gasteiger partial charge in [0.25, 0.3) is 0 Å². The largest absolute Gasteiger partial charge is 0.468 e. The van der Waals surface area contributed by atoms with Gasteiger partial charge in [0.15, 0.2) is 0 Å². The summed E-state index contributed by atoms with van der Waals surface area (Å²) in [6.45, 7) is 10.3. The Balaban J connectivity index is 1.95.